The first-order valence-corrected chi connectivity index (χ1v) is 8.05. The van der Waals surface area contributed by atoms with Crippen molar-refractivity contribution in [3.63, 3.8) is 0 Å². The summed E-state index contributed by atoms with van der Waals surface area (Å²) < 4.78 is 0. The average molecular weight is 419 g/mol. The van der Waals surface area contributed by atoms with Crippen molar-refractivity contribution in [2.45, 2.75) is 18.8 Å². The van der Waals surface area contributed by atoms with E-state index in [1.807, 2.05) is 0 Å². The predicted molar refractivity (Wildman–Crippen MR) is 95.6 cm³/mol. The molecule has 2 rings (SSSR count). The van der Waals surface area contributed by atoms with Crippen LogP contribution in [0.4, 0.5) is 22.7 Å². The van der Waals surface area contributed by atoms with Crippen LogP contribution in [-0.4, -0.2) is 25.7 Å². The summed E-state index contributed by atoms with van der Waals surface area (Å²) in [6.07, 6.45) is -0.546. The largest absolute Gasteiger partial charge is 0.549 e. The molecular weight excluding hydrogens is 408 g/mol. The van der Waals surface area contributed by atoms with Gasteiger partial charge in [-0.05, 0) is 12.5 Å². The van der Waals surface area contributed by atoms with E-state index < -0.39 is 71.4 Å². The van der Waals surface area contributed by atoms with Gasteiger partial charge in [-0.15, -0.1) is 0 Å². The van der Waals surface area contributed by atoms with Crippen LogP contribution < -0.4 is 5.11 Å². The lowest BCUT2D eigenvalue weighted by Gasteiger charge is -2.33. The molecule has 0 saturated heterocycles. The summed E-state index contributed by atoms with van der Waals surface area (Å²) in [5, 5.41) is 57.4. The topological polar surface area (TPSA) is 213 Å². The molecule has 0 N–H and O–H groups in total. The molecule has 0 aliphatic carbocycles. The SMILES string of the molecule is CCC(C(=O)[O-])(c1ccc([N+](=O)[O-])cc1[N+](=O)[O-])c1cc([N+](=O)[O-])ccc1[N+](=O)[O-]. The number of nitrogens with zero attached hydrogens (tertiary/aromatic N) is 4. The van der Waals surface area contributed by atoms with Gasteiger partial charge in [-0.3, -0.25) is 40.5 Å². The second-order valence-corrected chi connectivity index (χ2v) is 5.98. The summed E-state index contributed by atoms with van der Waals surface area (Å²) >= 11 is 0. The quantitative estimate of drug-likeness (QED) is 0.446. The molecule has 0 spiro atoms. The molecule has 1 atom stereocenters. The van der Waals surface area contributed by atoms with E-state index in [1.165, 1.54) is 6.92 Å². The molecule has 0 aliphatic rings. The Labute approximate surface area is 166 Å². The molecule has 0 amide bonds. The summed E-state index contributed by atoms with van der Waals surface area (Å²) in [5.74, 6) is -2.01. The normalized spacial score (nSPS) is 12.6. The Hall–Kier alpha value is -4.49. The minimum atomic E-state index is -2.58. The minimum Gasteiger partial charge on any atom is -0.549 e. The summed E-state index contributed by atoms with van der Waals surface area (Å²) in [6.45, 7) is 1.23. The zero-order valence-electron chi connectivity index (χ0n) is 15.0. The van der Waals surface area contributed by atoms with Crippen molar-refractivity contribution in [3.05, 3.63) is 88.0 Å². The molecule has 30 heavy (non-hydrogen) atoms. The number of hydrogen-bond donors (Lipinski definition) is 0. The highest BCUT2D eigenvalue weighted by Gasteiger charge is 2.45. The van der Waals surface area contributed by atoms with E-state index in [2.05, 4.69) is 0 Å². The number of hydrogen-bond acceptors (Lipinski definition) is 10. The van der Waals surface area contributed by atoms with E-state index in [1.54, 1.807) is 0 Å². The first-order chi connectivity index (χ1) is 14.0. The van der Waals surface area contributed by atoms with E-state index >= 15 is 0 Å². The summed E-state index contributed by atoms with van der Waals surface area (Å²) in [4.78, 5) is 53.4. The minimum absolute atomic E-state index is 0.506. The standard InChI is InChI=1S/C16H12N4O10/c1-2-16(15(21)22,11-5-3-10(18(25)26)8-14(11)20(29)30)12-7-9(17(23)24)4-6-13(12)19(27)28/h3-8H,2H2,1H3,(H,21,22)/p-1. The Bertz CT molecular complexity index is 1100. The van der Waals surface area contributed by atoms with E-state index in [-0.39, 0.29) is 0 Å². The maximum Gasteiger partial charge on any atom is 0.280 e. The zero-order valence-corrected chi connectivity index (χ0v) is 15.0. The number of benzene rings is 2. The van der Waals surface area contributed by atoms with Gasteiger partial charge in [0.2, 0.25) is 0 Å². The van der Waals surface area contributed by atoms with Crippen molar-refractivity contribution in [1.82, 2.24) is 0 Å². The second-order valence-electron chi connectivity index (χ2n) is 5.98. The van der Waals surface area contributed by atoms with Crippen molar-refractivity contribution in [2.75, 3.05) is 0 Å². The van der Waals surface area contributed by atoms with Gasteiger partial charge in [0, 0.05) is 29.8 Å². The molecule has 0 aromatic heterocycles. The number of carbonyl (C=O) groups excluding carboxylic acids is 1. The van der Waals surface area contributed by atoms with E-state index in [9.17, 15) is 50.4 Å². The fourth-order valence-corrected chi connectivity index (χ4v) is 3.17. The second kappa shape index (κ2) is 7.86. The van der Waals surface area contributed by atoms with Gasteiger partial charge in [0.15, 0.2) is 0 Å². The van der Waals surface area contributed by atoms with Gasteiger partial charge in [-0.2, -0.15) is 0 Å². The molecule has 14 heteroatoms. The number of carboxylic acids is 1. The van der Waals surface area contributed by atoms with Crippen LogP contribution in [0, 0.1) is 40.5 Å². The van der Waals surface area contributed by atoms with Gasteiger partial charge in [0.25, 0.3) is 22.7 Å². The third-order valence-corrected chi connectivity index (χ3v) is 4.57. The average Bonchev–Trinajstić information content (AvgIpc) is 2.68. The van der Waals surface area contributed by atoms with Crippen LogP contribution in [0.15, 0.2) is 36.4 Å². The number of aliphatic carboxylic acids is 1. The Morgan fingerprint density at radius 2 is 1.27 bits per heavy atom. The maximum atomic E-state index is 12.2. The first kappa shape index (κ1) is 21.8. The van der Waals surface area contributed by atoms with Crippen molar-refractivity contribution in [3.8, 4) is 0 Å². The van der Waals surface area contributed by atoms with E-state index in [0.717, 1.165) is 18.2 Å². The van der Waals surface area contributed by atoms with Crippen molar-refractivity contribution in [2.24, 2.45) is 0 Å². The highest BCUT2D eigenvalue weighted by Crippen LogP contribution is 2.45. The maximum absolute atomic E-state index is 12.2. The fraction of sp³-hybridized carbons (Fsp3) is 0.188. The molecule has 0 bridgehead atoms. The summed E-state index contributed by atoms with van der Waals surface area (Å²) in [7, 11) is 0. The van der Waals surface area contributed by atoms with Crippen LogP contribution in [0.5, 0.6) is 0 Å². The molecule has 0 heterocycles. The number of carboxylic acid groups (broad SMARTS) is 1. The number of carbonyl (C=O) groups is 1. The van der Waals surface area contributed by atoms with Crippen LogP contribution in [0.3, 0.4) is 0 Å². The van der Waals surface area contributed by atoms with Gasteiger partial charge in [-0.25, -0.2) is 0 Å². The molecule has 2 aromatic carbocycles. The van der Waals surface area contributed by atoms with Crippen molar-refractivity contribution < 1.29 is 29.6 Å². The lowest BCUT2D eigenvalue weighted by Crippen LogP contribution is -2.47. The number of rotatable bonds is 8. The molecular formula is C16H11N4O10-. The third-order valence-electron chi connectivity index (χ3n) is 4.57. The third kappa shape index (κ3) is 3.48. The van der Waals surface area contributed by atoms with Gasteiger partial charge < -0.3 is 9.90 Å². The van der Waals surface area contributed by atoms with Crippen LogP contribution in [-0.2, 0) is 10.2 Å². The molecule has 1 unspecified atom stereocenters. The number of nitro groups is 4. The lowest BCUT2D eigenvalue weighted by atomic mass is 9.71. The van der Waals surface area contributed by atoms with Gasteiger partial charge in [0.1, 0.15) is 0 Å². The van der Waals surface area contributed by atoms with E-state index in [0.29, 0.717) is 18.2 Å². The Kier molecular flexibility index (Phi) is 5.71. The molecule has 156 valence electrons. The Morgan fingerprint density at radius 3 is 1.70 bits per heavy atom. The zero-order chi connectivity index (χ0) is 22.8. The Morgan fingerprint density at radius 1 is 0.767 bits per heavy atom. The van der Waals surface area contributed by atoms with E-state index in [4.69, 9.17) is 0 Å². The lowest BCUT2D eigenvalue weighted by molar-refractivity contribution is -0.395. The highest BCUT2D eigenvalue weighted by molar-refractivity contribution is 5.88. The van der Waals surface area contributed by atoms with Crippen LogP contribution in [0.1, 0.15) is 24.5 Å². The van der Waals surface area contributed by atoms with Crippen LogP contribution in [0.2, 0.25) is 0 Å². The van der Waals surface area contributed by atoms with Gasteiger partial charge in [-0.1, -0.05) is 6.92 Å². The summed E-state index contributed by atoms with van der Waals surface area (Å²) in [6, 6.07) is 4.19. The van der Waals surface area contributed by atoms with Gasteiger partial charge in [0.05, 0.1) is 42.7 Å². The molecule has 0 saturated carbocycles. The molecule has 0 aliphatic heterocycles. The Balaban J connectivity index is 3.04. The molecule has 0 fully saturated rings. The summed E-state index contributed by atoms with van der Waals surface area (Å²) in [5.41, 5.74) is -7.21. The number of nitro benzene ring substituents is 4. The first-order valence-electron chi connectivity index (χ1n) is 8.05. The smallest absolute Gasteiger partial charge is 0.280 e. The monoisotopic (exact) mass is 419 g/mol. The highest BCUT2D eigenvalue weighted by atomic mass is 16.6. The predicted octanol–water partition coefficient (Wildman–Crippen LogP) is 1.77. The van der Waals surface area contributed by atoms with Crippen LogP contribution in [0.25, 0.3) is 0 Å². The number of non-ortho nitro benzene ring substituents is 2. The molecule has 2 aromatic rings. The fourth-order valence-electron chi connectivity index (χ4n) is 3.17. The van der Waals surface area contributed by atoms with Crippen LogP contribution >= 0.6 is 0 Å². The van der Waals surface area contributed by atoms with Gasteiger partial charge >= 0.3 is 0 Å². The molecule has 14 nitrogen and oxygen atoms in total. The molecule has 0 radical (unpaired) electrons. The van der Waals surface area contributed by atoms with Crippen molar-refractivity contribution >= 4 is 28.7 Å². The van der Waals surface area contributed by atoms with Crippen molar-refractivity contribution in [1.29, 1.82) is 0 Å².